The molecule has 6 nitrogen and oxygen atoms in total. The van der Waals surface area contributed by atoms with E-state index in [9.17, 15) is 21.0 Å². The van der Waals surface area contributed by atoms with Gasteiger partial charge >= 0.3 is 0 Å². The highest BCUT2D eigenvalue weighted by Gasteiger charge is 2.31. The molecule has 2 aromatic heterocycles. The first-order chi connectivity index (χ1) is 27.2. The van der Waals surface area contributed by atoms with E-state index in [2.05, 4.69) is 134 Å². The van der Waals surface area contributed by atoms with Crippen molar-refractivity contribution in [2.45, 2.75) is 27.7 Å². The van der Waals surface area contributed by atoms with Crippen molar-refractivity contribution in [1.29, 1.82) is 21.0 Å². The minimum atomic E-state index is 0.321. The Bertz CT molecular complexity index is 3030. The van der Waals surface area contributed by atoms with Crippen LogP contribution in [0, 0.1) is 73.0 Å². The number of benzene rings is 7. The first-order valence-electron chi connectivity index (χ1n) is 18.3. The highest BCUT2D eigenvalue weighted by atomic mass is 15.0. The van der Waals surface area contributed by atoms with Gasteiger partial charge in [0.15, 0.2) is 0 Å². The van der Waals surface area contributed by atoms with Gasteiger partial charge in [-0.25, -0.2) is 0 Å². The molecule has 0 aliphatic rings. The van der Waals surface area contributed by atoms with Crippen LogP contribution in [0.25, 0.3) is 77.2 Å². The minimum absolute atomic E-state index is 0.321. The van der Waals surface area contributed by atoms with Gasteiger partial charge in [0.2, 0.25) is 0 Å². The highest BCUT2D eigenvalue weighted by molar-refractivity contribution is 6.14. The Labute approximate surface area is 324 Å². The normalized spacial score (nSPS) is 11.1. The Balaban J connectivity index is 1.61. The average molecular weight is 717 g/mol. The van der Waals surface area contributed by atoms with Gasteiger partial charge in [-0.1, -0.05) is 70.8 Å². The molecule has 56 heavy (non-hydrogen) atoms. The summed E-state index contributed by atoms with van der Waals surface area (Å²) in [6.45, 7) is 8.32. The summed E-state index contributed by atoms with van der Waals surface area (Å²) in [5.74, 6) is 0. The summed E-state index contributed by atoms with van der Waals surface area (Å²) in [4.78, 5) is 0. The fourth-order valence-corrected chi connectivity index (χ4v) is 8.36. The maximum absolute atomic E-state index is 11.5. The van der Waals surface area contributed by atoms with E-state index in [1.807, 2.05) is 24.3 Å². The van der Waals surface area contributed by atoms with Crippen LogP contribution < -0.4 is 0 Å². The van der Waals surface area contributed by atoms with Gasteiger partial charge in [-0.2, -0.15) is 21.0 Å². The first kappa shape index (κ1) is 33.9. The number of rotatable bonds is 4. The van der Waals surface area contributed by atoms with Crippen LogP contribution in [0.4, 0.5) is 0 Å². The van der Waals surface area contributed by atoms with Gasteiger partial charge in [0.25, 0.3) is 0 Å². The predicted molar refractivity (Wildman–Crippen MR) is 224 cm³/mol. The van der Waals surface area contributed by atoms with Crippen molar-refractivity contribution in [2.24, 2.45) is 0 Å². The lowest BCUT2D eigenvalue weighted by Crippen LogP contribution is -2.11. The molecule has 0 spiro atoms. The molecule has 2 heterocycles. The molecular weight excluding hydrogens is 685 g/mol. The highest BCUT2D eigenvalue weighted by Crippen LogP contribution is 2.49. The third kappa shape index (κ3) is 5.06. The Hall–Kier alpha value is -7.90. The van der Waals surface area contributed by atoms with E-state index in [4.69, 9.17) is 0 Å². The molecule has 9 aromatic rings. The average Bonchev–Trinajstić information content (AvgIpc) is 3.70. The second kappa shape index (κ2) is 12.9. The van der Waals surface area contributed by atoms with Crippen LogP contribution in [-0.4, -0.2) is 9.13 Å². The minimum Gasteiger partial charge on any atom is -0.307 e. The third-order valence-electron chi connectivity index (χ3n) is 10.9. The van der Waals surface area contributed by atoms with E-state index < -0.39 is 0 Å². The second-order valence-corrected chi connectivity index (χ2v) is 14.6. The van der Waals surface area contributed by atoms with E-state index in [0.717, 1.165) is 71.4 Å². The van der Waals surface area contributed by atoms with E-state index in [0.29, 0.717) is 50.3 Å². The smallest absolute Gasteiger partial charge is 0.102 e. The van der Waals surface area contributed by atoms with Crippen LogP contribution in [0.3, 0.4) is 0 Å². The van der Waals surface area contributed by atoms with Crippen LogP contribution in [0.15, 0.2) is 121 Å². The van der Waals surface area contributed by atoms with E-state index in [-0.39, 0.29) is 0 Å². The number of aryl methyl sites for hydroxylation is 4. The summed E-state index contributed by atoms with van der Waals surface area (Å²) in [6, 6.07) is 49.7. The number of hydrogen-bond acceptors (Lipinski definition) is 4. The van der Waals surface area contributed by atoms with Crippen LogP contribution in [-0.2, 0) is 0 Å². The summed E-state index contributed by atoms with van der Waals surface area (Å²) < 4.78 is 4.35. The second-order valence-electron chi connectivity index (χ2n) is 14.6. The zero-order valence-electron chi connectivity index (χ0n) is 31.2. The molecule has 6 heteroatoms. The topological polar surface area (TPSA) is 105 Å². The van der Waals surface area contributed by atoms with Gasteiger partial charge in [0.1, 0.15) is 12.1 Å². The fraction of sp³-hybridized carbons (Fsp3) is 0.0800. The lowest BCUT2D eigenvalue weighted by Gasteiger charge is -2.25. The molecule has 0 amide bonds. The van der Waals surface area contributed by atoms with Crippen LogP contribution >= 0.6 is 0 Å². The van der Waals surface area contributed by atoms with E-state index in [1.54, 1.807) is 24.3 Å². The lowest BCUT2D eigenvalue weighted by atomic mass is 9.86. The first-order valence-corrected chi connectivity index (χ1v) is 18.3. The molecule has 262 valence electrons. The molecule has 0 radical (unpaired) electrons. The van der Waals surface area contributed by atoms with Crippen LogP contribution in [0.2, 0.25) is 0 Å². The number of aromatic nitrogens is 2. The number of hydrogen-bond donors (Lipinski definition) is 0. The molecule has 9 rings (SSSR count). The molecule has 0 saturated heterocycles. The van der Waals surface area contributed by atoms with Gasteiger partial charge in [-0.05, 0) is 112 Å². The molecule has 0 N–H and O–H groups in total. The van der Waals surface area contributed by atoms with Crippen molar-refractivity contribution in [2.75, 3.05) is 0 Å². The zero-order valence-corrected chi connectivity index (χ0v) is 31.2. The van der Waals surface area contributed by atoms with Crippen molar-refractivity contribution in [1.82, 2.24) is 9.13 Å². The van der Waals surface area contributed by atoms with Crippen molar-refractivity contribution >= 4 is 43.6 Å². The zero-order chi connectivity index (χ0) is 38.8. The predicted octanol–water partition coefficient (Wildman–Crippen LogP) is 11.9. The van der Waals surface area contributed by atoms with Crippen molar-refractivity contribution < 1.29 is 0 Å². The number of fused-ring (bicyclic) bond motifs is 6. The van der Waals surface area contributed by atoms with Crippen molar-refractivity contribution in [3.05, 3.63) is 166 Å². The summed E-state index contributed by atoms with van der Waals surface area (Å²) in [6.07, 6.45) is 0. The molecule has 0 unspecified atom stereocenters. The molecule has 0 aliphatic carbocycles. The maximum Gasteiger partial charge on any atom is 0.102 e. The number of nitriles is 4. The third-order valence-corrected chi connectivity index (χ3v) is 10.9. The molecule has 0 bridgehead atoms. The SMILES string of the molecule is Cc1ccc2c(c1)c1cc(C)ccc1n2-c1c(C#N)c(-c2ccc(C#N)cc2)c(C#N)c(-n2c3ccc(C)cc3c3cc(C)ccc32)c1-c1ccc(C#N)cc1. The van der Waals surface area contributed by atoms with Crippen molar-refractivity contribution in [3.8, 4) is 57.9 Å². The summed E-state index contributed by atoms with van der Waals surface area (Å²) in [7, 11) is 0. The Kier molecular flexibility index (Phi) is 7.81. The maximum atomic E-state index is 11.5. The van der Waals surface area contributed by atoms with Gasteiger partial charge in [0.05, 0.1) is 67.8 Å². The molecular formula is C50H32N6. The molecule has 0 atom stereocenters. The molecule has 0 aliphatic heterocycles. The Morgan fingerprint density at radius 2 is 0.661 bits per heavy atom. The van der Waals surface area contributed by atoms with Gasteiger partial charge in [0, 0.05) is 32.7 Å². The van der Waals surface area contributed by atoms with Crippen LogP contribution in [0.5, 0.6) is 0 Å². The standard InChI is InChI=1S/C50H32N6/c1-29-5-17-43-37(21-29)38-22-30(2)6-18-44(38)55(43)49-41(27-53)47(35-13-9-33(25-51)10-14-35)42(28-54)50(48(49)36-15-11-34(26-52)12-16-36)56-45-19-7-31(3)23-39(45)40-24-32(4)8-20-46(40)56/h5-24H,1-4H3. The quantitative estimate of drug-likeness (QED) is 0.181. The lowest BCUT2D eigenvalue weighted by molar-refractivity contribution is 1.12. The molecule has 7 aromatic carbocycles. The number of nitrogens with zero attached hydrogens (tertiary/aromatic N) is 6. The van der Waals surface area contributed by atoms with Crippen molar-refractivity contribution in [3.63, 3.8) is 0 Å². The van der Waals surface area contributed by atoms with Gasteiger partial charge in [-0.15, -0.1) is 0 Å². The van der Waals surface area contributed by atoms with E-state index in [1.165, 1.54) is 0 Å². The van der Waals surface area contributed by atoms with Gasteiger partial charge < -0.3 is 9.13 Å². The molecule has 0 fully saturated rings. The largest absolute Gasteiger partial charge is 0.307 e. The van der Waals surface area contributed by atoms with Gasteiger partial charge in [-0.3, -0.25) is 0 Å². The van der Waals surface area contributed by atoms with Crippen LogP contribution in [0.1, 0.15) is 44.5 Å². The Morgan fingerprint density at radius 1 is 0.357 bits per heavy atom. The summed E-state index contributed by atoms with van der Waals surface area (Å²) >= 11 is 0. The Morgan fingerprint density at radius 3 is 0.946 bits per heavy atom. The fourth-order valence-electron chi connectivity index (χ4n) is 8.36. The van der Waals surface area contributed by atoms with E-state index >= 15 is 0 Å². The monoisotopic (exact) mass is 716 g/mol. The summed E-state index contributed by atoms with van der Waals surface area (Å²) in [5.41, 5.74) is 13.5. The molecule has 0 saturated carbocycles. The summed E-state index contributed by atoms with van der Waals surface area (Å²) in [5, 5.41) is 46.8.